The van der Waals surface area contributed by atoms with Gasteiger partial charge in [0.05, 0.1) is 11.1 Å². The first kappa shape index (κ1) is 15.5. The molecule has 1 aliphatic carbocycles. The van der Waals surface area contributed by atoms with E-state index in [0.29, 0.717) is 12.5 Å². The van der Waals surface area contributed by atoms with Gasteiger partial charge in [-0.15, -0.1) is 0 Å². The molecular weight excluding hydrogens is 316 g/mol. The Bertz CT molecular complexity index is 493. The highest BCUT2D eigenvalue weighted by Crippen LogP contribution is 2.39. The molecule has 1 aliphatic rings. The minimum atomic E-state index is -0.393. The summed E-state index contributed by atoms with van der Waals surface area (Å²) in [6, 6.07) is 5.96. The van der Waals surface area contributed by atoms with E-state index in [1.165, 1.54) is 0 Å². The Balaban J connectivity index is 2.15. The standard InChI is InChI=1S/C16H23BrN2O/c1-11-5-7-16(10-18,8-6-11)15(20)19-14-9-12(2)3-4-13(14)17/h3-4,9,11H,5-8,10,18H2,1-2H3,(H,19,20). The smallest absolute Gasteiger partial charge is 0.231 e. The van der Waals surface area contributed by atoms with Gasteiger partial charge in [0, 0.05) is 11.0 Å². The summed E-state index contributed by atoms with van der Waals surface area (Å²) in [7, 11) is 0. The summed E-state index contributed by atoms with van der Waals surface area (Å²) in [6.07, 6.45) is 3.94. The zero-order valence-corrected chi connectivity index (χ0v) is 13.8. The van der Waals surface area contributed by atoms with Crippen molar-refractivity contribution in [2.75, 3.05) is 11.9 Å². The first-order chi connectivity index (χ1) is 9.47. The average Bonchev–Trinajstić information content (AvgIpc) is 2.44. The van der Waals surface area contributed by atoms with Crippen LogP contribution in [-0.2, 0) is 4.79 Å². The van der Waals surface area contributed by atoms with Crippen LogP contribution in [0.2, 0.25) is 0 Å². The Morgan fingerprint density at radius 2 is 2.10 bits per heavy atom. The van der Waals surface area contributed by atoms with Gasteiger partial charge in [-0.3, -0.25) is 4.79 Å². The van der Waals surface area contributed by atoms with Crippen LogP contribution in [0.15, 0.2) is 22.7 Å². The summed E-state index contributed by atoms with van der Waals surface area (Å²) in [6.45, 7) is 4.69. The number of aryl methyl sites for hydroxylation is 1. The largest absolute Gasteiger partial charge is 0.329 e. The van der Waals surface area contributed by atoms with Crippen LogP contribution >= 0.6 is 15.9 Å². The van der Waals surface area contributed by atoms with Crippen molar-refractivity contribution in [3.63, 3.8) is 0 Å². The monoisotopic (exact) mass is 338 g/mol. The zero-order chi connectivity index (χ0) is 14.8. The highest BCUT2D eigenvalue weighted by atomic mass is 79.9. The molecule has 0 aliphatic heterocycles. The molecule has 0 atom stereocenters. The van der Waals surface area contributed by atoms with Gasteiger partial charge in [0.1, 0.15) is 0 Å². The SMILES string of the molecule is Cc1ccc(Br)c(NC(=O)C2(CN)CCC(C)CC2)c1. The molecule has 0 heterocycles. The van der Waals surface area contributed by atoms with Crippen molar-refractivity contribution in [1.29, 1.82) is 0 Å². The van der Waals surface area contributed by atoms with Gasteiger partial charge in [-0.2, -0.15) is 0 Å². The summed E-state index contributed by atoms with van der Waals surface area (Å²) in [5, 5.41) is 3.06. The molecule has 2 rings (SSSR count). The predicted octanol–water partition coefficient (Wildman–Crippen LogP) is 3.85. The fourth-order valence-corrected chi connectivity index (χ4v) is 3.17. The number of benzene rings is 1. The van der Waals surface area contributed by atoms with Crippen LogP contribution in [0.25, 0.3) is 0 Å². The quantitative estimate of drug-likeness (QED) is 0.879. The number of nitrogens with one attached hydrogen (secondary N) is 1. The fraction of sp³-hybridized carbons (Fsp3) is 0.562. The second-order valence-electron chi connectivity index (χ2n) is 6.10. The summed E-state index contributed by atoms with van der Waals surface area (Å²) in [5.74, 6) is 0.770. The lowest BCUT2D eigenvalue weighted by molar-refractivity contribution is -0.127. The van der Waals surface area contributed by atoms with Gasteiger partial charge in [-0.25, -0.2) is 0 Å². The topological polar surface area (TPSA) is 55.1 Å². The van der Waals surface area contributed by atoms with Gasteiger partial charge in [0.2, 0.25) is 5.91 Å². The summed E-state index contributed by atoms with van der Waals surface area (Å²) in [4.78, 5) is 12.7. The molecule has 0 aromatic heterocycles. The molecule has 1 saturated carbocycles. The Morgan fingerprint density at radius 1 is 1.45 bits per heavy atom. The van der Waals surface area contributed by atoms with Crippen LogP contribution in [0, 0.1) is 18.3 Å². The molecule has 110 valence electrons. The van der Waals surface area contributed by atoms with E-state index in [4.69, 9.17) is 5.73 Å². The summed E-state index contributed by atoms with van der Waals surface area (Å²) >= 11 is 3.49. The van der Waals surface area contributed by atoms with Crippen LogP contribution in [0.3, 0.4) is 0 Å². The minimum Gasteiger partial charge on any atom is -0.329 e. The van der Waals surface area contributed by atoms with E-state index >= 15 is 0 Å². The van der Waals surface area contributed by atoms with Crippen molar-refractivity contribution in [2.45, 2.75) is 39.5 Å². The molecule has 1 aromatic carbocycles. The van der Waals surface area contributed by atoms with Gasteiger partial charge in [-0.05, 0) is 72.2 Å². The van der Waals surface area contributed by atoms with E-state index in [-0.39, 0.29) is 5.91 Å². The van der Waals surface area contributed by atoms with Crippen molar-refractivity contribution < 1.29 is 4.79 Å². The van der Waals surface area contributed by atoms with Crippen molar-refractivity contribution in [3.8, 4) is 0 Å². The van der Waals surface area contributed by atoms with Crippen LogP contribution in [0.5, 0.6) is 0 Å². The maximum Gasteiger partial charge on any atom is 0.231 e. The number of halogens is 1. The third-order valence-electron chi connectivity index (χ3n) is 4.47. The van der Waals surface area contributed by atoms with Crippen molar-refractivity contribution >= 4 is 27.5 Å². The normalized spacial score (nSPS) is 26.3. The highest BCUT2D eigenvalue weighted by molar-refractivity contribution is 9.10. The lowest BCUT2D eigenvalue weighted by atomic mass is 9.70. The van der Waals surface area contributed by atoms with Crippen molar-refractivity contribution in [3.05, 3.63) is 28.2 Å². The second-order valence-corrected chi connectivity index (χ2v) is 6.96. The number of rotatable bonds is 3. The van der Waals surface area contributed by atoms with Crippen LogP contribution in [-0.4, -0.2) is 12.5 Å². The van der Waals surface area contributed by atoms with Gasteiger partial charge in [0.15, 0.2) is 0 Å². The Hall–Kier alpha value is -0.870. The molecule has 0 bridgehead atoms. The van der Waals surface area contributed by atoms with Crippen LogP contribution in [0.1, 0.15) is 38.2 Å². The van der Waals surface area contributed by atoms with E-state index in [1.807, 2.05) is 25.1 Å². The third-order valence-corrected chi connectivity index (χ3v) is 5.17. The van der Waals surface area contributed by atoms with Crippen LogP contribution in [0.4, 0.5) is 5.69 Å². The molecule has 1 aromatic rings. The third kappa shape index (κ3) is 3.23. The molecule has 4 heteroatoms. The number of amides is 1. The number of nitrogens with two attached hydrogens (primary N) is 1. The zero-order valence-electron chi connectivity index (χ0n) is 12.2. The summed E-state index contributed by atoms with van der Waals surface area (Å²) < 4.78 is 0.910. The first-order valence-corrected chi connectivity index (χ1v) is 8.04. The van der Waals surface area contributed by atoms with E-state index in [2.05, 4.69) is 28.2 Å². The number of hydrogen-bond donors (Lipinski definition) is 2. The Labute approximate surface area is 129 Å². The summed E-state index contributed by atoms with van der Waals surface area (Å²) in [5.41, 5.74) is 7.50. The average molecular weight is 339 g/mol. The molecule has 1 fully saturated rings. The molecule has 1 amide bonds. The van der Waals surface area contributed by atoms with Crippen LogP contribution < -0.4 is 11.1 Å². The number of anilines is 1. The van der Waals surface area contributed by atoms with Gasteiger partial charge in [-0.1, -0.05) is 13.0 Å². The van der Waals surface area contributed by atoms with Gasteiger partial charge in [0.25, 0.3) is 0 Å². The van der Waals surface area contributed by atoms with E-state index in [0.717, 1.165) is 41.4 Å². The molecular formula is C16H23BrN2O. The molecule has 0 unspecified atom stereocenters. The van der Waals surface area contributed by atoms with Crippen molar-refractivity contribution in [1.82, 2.24) is 0 Å². The number of carbonyl (C=O) groups excluding carboxylic acids is 1. The Morgan fingerprint density at radius 3 is 2.70 bits per heavy atom. The van der Waals surface area contributed by atoms with Gasteiger partial charge < -0.3 is 11.1 Å². The molecule has 3 N–H and O–H groups in total. The maximum absolute atomic E-state index is 12.7. The molecule has 20 heavy (non-hydrogen) atoms. The number of hydrogen-bond acceptors (Lipinski definition) is 2. The second kappa shape index (κ2) is 6.27. The highest BCUT2D eigenvalue weighted by Gasteiger charge is 2.39. The molecule has 3 nitrogen and oxygen atoms in total. The molecule has 0 spiro atoms. The predicted molar refractivity (Wildman–Crippen MR) is 86.6 cm³/mol. The number of carbonyl (C=O) groups is 1. The molecule has 0 radical (unpaired) electrons. The minimum absolute atomic E-state index is 0.0678. The Kier molecular flexibility index (Phi) is 4.86. The van der Waals surface area contributed by atoms with E-state index < -0.39 is 5.41 Å². The maximum atomic E-state index is 12.7. The first-order valence-electron chi connectivity index (χ1n) is 7.24. The van der Waals surface area contributed by atoms with E-state index in [9.17, 15) is 4.79 Å². The van der Waals surface area contributed by atoms with Gasteiger partial charge >= 0.3 is 0 Å². The van der Waals surface area contributed by atoms with Crippen molar-refractivity contribution in [2.24, 2.45) is 17.1 Å². The lowest BCUT2D eigenvalue weighted by Gasteiger charge is -2.37. The molecule has 0 saturated heterocycles. The fourth-order valence-electron chi connectivity index (χ4n) is 2.83. The van der Waals surface area contributed by atoms with E-state index in [1.54, 1.807) is 0 Å². The lowest BCUT2D eigenvalue weighted by Crippen LogP contribution is -2.44.